The van der Waals surface area contributed by atoms with Crippen LogP contribution in [0.5, 0.6) is 0 Å². The minimum absolute atomic E-state index is 0.0925. The van der Waals surface area contributed by atoms with Crippen molar-refractivity contribution in [3.63, 3.8) is 0 Å². The van der Waals surface area contributed by atoms with Crippen LogP contribution in [0.2, 0.25) is 5.02 Å². The van der Waals surface area contributed by atoms with E-state index in [1.807, 2.05) is 0 Å². The summed E-state index contributed by atoms with van der Waals surface area (Å²) in [6.45, 7) is 3.42. The Morgan fingerprint density at radius 2 is 2.00 bits per heavy atom. The molecule has 0 saturated carbocycles. The quantitative estimate of drug-likeness (QED) is 0.849. The van der Waals surface area contributed by atoms with Gasteiger partial charge in [0.05, 0.1) is 5.75 Å². The summed E-state index contributed by atoms with van der Waals surface area (Å²) in [7, 11) is -3.19. The lowest BCUT2D eigenvalue weighted by molar-refractivity contribution is 0.0764. The Balaban J connectivity index is 2.08. The van der Waals surface area contributed by atoms with Gasteiger partial charge in [-0.05, 0) is 31.5 Å². The molecule has 1 fully saturated rings. The fraction of sp³-hybridized carbons (Fsp3) is 0.500. The van der Waals surface area contributed by atoms with Crippen LogP contribution in [0.25, 0.3) is 0 Å². The molecule has 21 heavy (non-hydrogen) atoms. The number of sulfonamides is 1. The van der Waals surface area contributed by atoms with E-state index in [4.69, 9.17) is 11.6 Å². The predicted molar refractivity (Wildman–Crippen MR) is 83.0 cm³/mol. The van der Waals surface area contributed by atoms with E-state index in [1.54, 1.807) is 36.1 Å². The molecule has 1 aromatic rings. The molecule has 1 heterocycles. The van der Waals surface area contributed by atoms with Crippen molar-refractivity contribution in [2.24, 2.45) is 0 Å². The first-order chi connectivity index (χ1) is 9.94. The molecule has 0 aromatic heterocycles. The highest BCUT2D eigenvalue weighted by Crippen LogP contribution is 2.15. The van der Waals surface area contributed by atoms with Crippen LogP contribution in [0, 0.1) is 0 Å². The van der Waals surface area contributed by atoms with E-state index in [0.717, 1.165) is 0 Å². The first-order valence-electron chi connectivity index (χ1n) is 6.96. The number of nitrogens with zero attached hydrogens (tertiary/aromatic N) is 2. The molecule has 0 spiro atoms. The molecule has 0 atom stereocenters. The first-order valence-corrected chi connectivity index (χ1v) is 8.95. The second-order valence-electron chi connectivity index (χ2n) is 4.96. The van der Waals surface area contributed by atoms with Gasteiger partial charge in [-0.15, -0.1) is 0 Å². The summed E-state index contributed by atoms with van der Waals surface area (Å²) in [6, 6.07) is 6.81. The second kappa shape index (κ2) is 6.77. The van der Waals surface area contributed by atoms with Gasteiger partial charge in [0.2, 0.25) is 10.0 Å². The molecule has 5 nitrogen and oxygen atoms in total. The van der Waals surface area contributed by atoms with E-state index in [9.17, 15) is 13.2 Å². The average molecular weight is 331 g/mol. The number of hydrogen-bond acceptors (Lipinski definition) is 3. The van der Waals surface area contributed by atoms with Crippen molar-refractivity contribution < 1.29 is 13.2 Å². The summed E-state index contributed by atoms with van der Waals surface area (Å²) in [6.07, 6.45) is 0.644. The molecule has 0 radical (unpaired) electrons. The predicted octanol–water partition coefficient (Wildman–Crippen LogP) is 1.84. The van der Waals surface area contributed by atoms with E-state index in [2.05, 4.69) is 0 Å². The standard InChI is InChI=1S/C14H19ClN2O3S/c1-2-21(19,20)17-8-4-7-16(9-10-17)14(18)12-5-3-6-13(15)11-12/h3,5-6,11H,2,4,7-10H2,1H3. The first kappa shape index (κ1) is 16.3. The summed E-state index contributed by atoms with van der Waals surface area (Å²) < 4.78 is 25.3. The number of hydrogen-bond donors (Lipinski definition) is 0. The van der Waals surface area contributed by atoms with Crippen LogP contribution in [-0.2, 0) is 10.0 Å². The van der Waals surface area contributed by atoms with Crippen molar-refractivity contribution in [2.75, 3.05) is 31.9 Å². The van der Waals surface area contributed by atoms with Gasteiger partial charge < -0.3 is 4.90 Å². The average Bonchev–Trinajstić information content (AvgIpc) is 2.73. The number of rotatable bonds is 3. The normalized spacial score (nSPS) is 17.5. The minimum Gasteiger partial charge on any atom is -0.337 e. The Morgan fingerprint density at radius 1 is 1.24 bits per heavy atom. The minimum atomic E-state index is -3.19. The Hall–Kier alpha value is -1.11. The highest BCUT2D eigenvalue weighted by Gasteiger charge is 2.25. The Labute approximate surface area is 130 Å². The lowest BCUT2D eigenvalue weighted by atomic mass is 10.2. The van der Waals surface area contributed by atoms with Crippen molar-refractivity contribution in [1.82, 2.24) is 9.21 Å². The summed E-state index contributed by atoms with van der Waals surface area (Å²) >= 11 is 5.90. The number of carbonyl (C=O) groups excluding carboxylic acids is 1. The highest BCUT2D eigenvalue weighted by atomic mass is 35.5. The SMILES string of the molecule is CCS(=O)(=O)N1CCCN(C(=O)c2cccc(Cl)c2)CC1. The van der Waals surface area contributed by atoms with E-state index in [0.29, 0.717) is 43.2 Å². The van der Waals surface area contributed by atoms with Crippen LogP contribution in [0.1, 0.15) is 23.7 Å². The zero-order chi connectivity index (χ0) is 15.5. The van der Waals surface area contributed by atoms with Crippen LogP contribution in [0.4, 0.5) is 0 Å². The molecule has 0 bridgehead atoms. The van der Waals surface area contributed by atoms with Crippen molar-refractivity contribution in [2.45, 2.75) is 13.3 Å². The molecule has 0 aliphatic carbocycles. The van der Waals surface area contributed by atoms with Gasteiger partial charge in [-0.2, -0.15) is 0 Å². The van der Waals surface area contributed by atoms with Gasteiger partial charge in [-0.3, -0.25) is 4.79 Å². The Kier molecular flexibility index (Phi) is 5.24. The second-order valence-corrected chi connectivity index (χ2v) is 7.65. The van der Waals surface area contributed by atoms with Gasteiger partial charge in [0.15, 0.2) is 0 Å². The fourth-order valence-corrected chi connectivity index (χ4v) is 3.68. The van der Waals surface area contributed by atoms with Gasteiger partial charge in [0, 0.05) is 36.8 Å². The molecule has 1 aliphatic heterocycles. The number of amides is 1. The maximum absolute atomic E-state index is 12.4. The molecule has 1 aliphatic rings. The van der Waals surface area contributed by atoms with Crippen LogP contribution >= 0.6 is 11.6 Å². The maximum atomic E-state index is 12.4. The van der Waals surface area contributed by atoms with Crippen LogP contribution in [0.15, 0.2) is 24.3 Å². The largest absolute Gasteiger partial charge is 0.337 e. The zero-order valence-electron chi connectivity index (χ0n) is 12.0. The van der Waals surface area contributed by atoms with Crippen LogP contribution in [0.3, 0.4) is 0 Å². The van der Waals surface area contributed by atoms with Gasteiger partial charge >= 0.3 is 0 Å². The van der Waals surface area contributed by atoms with E-state index >= 15 is 0 Å². The lowest BCUT2D eigenvalue weighted by Gasteiger charge is -2.21. The molecular formula is C14H19ClN2O3S. The molecule has 2 rings (SSSR count). The highest BCUT2D eigenvalue weighted by molar-refractivity contribution is 7.89. The molecular weight excluding hydrogens is 312 g/mol. The Morgan fingerprint density at radius 3 is 2.67 bits per heavy atom. The maximum Gasteiger partial charge on any atom is 0.253 e. The van der Waals surface area contributed by atoms with E-state index in [1.165, 1.54) is 4.31 Å². The van der Waals surface area contributed by atoms with Gasteiger partial charge in [0.1, 0.15) is 0 Å². The number of halogens is 1. The van der Waals surface area contributed by atoms with Gasteiger partial charge in [0.25, 0.3) is 5.91 Å². The topological polar surface area (TPSA) is 57.7 Å². The summed E-state index contributed by atoms with van der Waals surface area (Å²) in [5.74, 6) is -0.0110. The monoisotopic (exact) mass is 330 g/mol. The third-order valence-corrected chi connectivity index (χ3v) is 5.69. The van der Waals surface area contributed by atoms with Crippen LogP contribution in [-0.4, -0.2) is 55.5 Å². The van der Waals surface area contributed by atoms with Crippen molar-refractivity contribution >= 4 is 27.5 Å². The van der Waals surface area contributed by atoms with Crippen molar-refractivity contribution in [1.29, 1.82) is 0 Å². The molecule has 0 unspecified atom stereocenters. The van der Waals surface area contributed by atoms with Crippen molar-refractivity contribution in [3.05, 3.63) is 34.9 Å². The Bertz CT molecular complexity index is 618. The van der Waals surface area contributed by atoms with Crippen molar-refractivity contribution in [3.8, 4) is 0 Å². The summed E-state index contributed by atoms with van der Waals surface area (Å²) in [5, 5.41) is 0.519. The fourth-order valence-electron chi connectivity index (χ4n) is 2.36. The van der Waals surface area contributed by atoms with E-state index in [-0.39, 0.29) is 11.7 Å². The van der Waals surface area contributed by atoms with Gasteiger partial charge in [-0.25, -0.2) is 12.7 Å². The smallest absolute Gasteiger partial charge is 0.253 e. The third-order valence-electron chi connectivity index (χ3n) is 3.57. The van der Waals surface area contributed by atoms with Gasteiger partial charge in [-0.1, -0.05) is 17.7 Å². The molecule has 1 saturated heterocycles. The number of benzene rings is 1. The summed E-state index contributed by atoms with van der Waals surface area (Å²) in [4.78, 5) is 14.1. The zero-order valence-corrected chi connectivity index (χ0v) is 13.5. The number of carbonyl (C=O) groups is 1. The summed E-state index contributed by atoms with van der Waals surface area (Å²) in [5.41, 5.74) is 0.536. The van der Waals surface area contributed by atoms with Crippen LogP contribution < -0.4 is 0 Å². The molecule has 116 valence electrons. The molecule has 0 N–H and O–H groups in total. The molecule has 1 aromatic carbocycles. The lowest BCUT2D eigenvalue weighted by Crippen LogP contribution is -2.37. The third kappa shape index (κ3) is 3.96. The molecule has 7 heteroatoms. The molecule has 1 amide bonds. The van der Waals surface area contributed by atoms with E-state index < -0.39 is 10.0 Å².